The fraction of sp³-hybridized carbons (Fsp3) is 0.333. The normalized spacial score (nSPS) is 14.1. The lowest BCUT2D eigenvalue weighted by molar-refractivity contribution is 0.0951. The first-order valence-corrected chi connectivity index (χ1v) is 6.83. The van der Waals surface area contributed by atoms with Gasteiger partial charge < -0.3 is 19.8 Å². The van der Waals surface area contributed by atoms with Crippen LogP contribution in [0.25, 0.3) is 11.4 Å². The van der Waals surface area contributed by atoms with Gasteiger partial charge >= 0.3 is 0 Å². The largest absolute Gasteiger partial charge is 0.496 e. The van der Waals surface area contributed by atoms with Crippen molar-refractivity contribution in [1.29, 1.82) is 0 Å². The second kappa shape index (κ2) is 5.47. The Kier molecular flexibility index (Phi) is 3.51. The first-order valence-electron chi connectivity index (χ1n) is 6.83. The van der Waals surface area contributed by atoms with Gasteiger partial charge in [-0.15, -0.1) is 0 Å². The number of amides is 1. The molecule has 1 aromatic heterocycles. The maximum atomic E-state index is 12.0. The molecule has 6 heteroatoms. The van der Waals surface area contributed by atoms with Crippen LogP contribution in [-0.2, 0) is 6.42 Å². The van der Waals surface area contributed by atoms with E-state index in [9.17, 15) is 4.79 Å². The summed E-state index contributed by atoms with van der Waals surface area (Å²) >= 11 is 0. The third-order valence-corrected chi connectivity index (χ3v) is 3.55. The summed E-state index contributed by atoms with van der Waals surface area (Å²) in [6.07, 6.45) is 1.68. The van der Waals surface area contributed by atoms with E-state index < -0.39 is 0 Å². The van der Waals surface area contributed by atoms with Crippen molar-refractivity contribution in [3.8, 4) is 22.9 Å². The number of rotatable bonds is 3. The van der Waals surface area contributed by atoms with Crippen molar-refractivity contribution in [3.05, 3.63) is 29.6 Å². The number of aryl methyl sites for hydroxylation is 1. The molecule has 21 heavy (non-hydrogen) atoms. The number of H-pyrrole nitrogens is 1. The van der Waals surface area contributed by atoms with Gasteiger partial charge in [0.15, 0.2) is 0 Å². The number of nitrogens with one attached hydrogen (secondary N) is 2. The van der Waals surface area contributed by atoms with E-state index in [1.54, 1.807) is 14.2 Å². The topological polar surface area (TPSA) is 76.2 Å². The summed E-state index contributed by atoms with van der Waals surface area (Å²) in [6.45, 7) is 0.677. The van der Waals surface area contributed by atoms with Gasteiger partial charge in [-0.3, -0.25) is 4.79 Å². The number of carbonyl (C=O) groups excluding carboxylic acids is 1. The average Bonchev–Trinajstić information content (AvgIpc) is 2.86. The van der Waals surface area contributed by atoms with E-state index in [0.29, 0.717) is 29.6 Å². The van der Waals surface area contributed by atoms with Crippen molar-refractivity contribution in [2.45, 2.75) is 12.8 Å². The van der Waals surface area contributed by atoms with Gasteiger partial charge in [-0.05, 0) is 25.0 Å². The Labute approximate surface area is 122 Å². The van der Waals surface area contributed by atoms with Gasteiger partial charge in [-0.1, -0.05) is 6.07 Å². The fourth-order valence-electron chi connectivity index (χ4n) is 2.53. The van der Waals surface area contributed by atoms with Crippen LogP contribution in [0.2, 0.25) is 0 Å². The number of carbonyl (C=O) groups is 1. The lowest BCUT2D eigenvalue weighted by Crippen LogP contribution is -2.23. The Morgan fingerprint density at radius 2 is 1.90 bits per heavy atom. The molecule has 0 radical (unpaired) electrons. The lowest BCUT2D eigenvalue weighted by atomic mass is 10.1. The van der Waals surface area contributed by atoms with Crippen molar-refractivity contribution < 1.29 is 14.3 Å². The van der Waals surface area contributed by atoms with Crippen LogP contribution in [0.5, 0.6) is 11.5 Å². The summed E-state index contributed by atoms with van der Waals surface area (Å²) in [5, 5.41) is 2.84. The molecule has 6 nitrogen and oxygen atoms in total. The molecule has 0 fully saturated rings. The molecule has 0 bridgehead atoms. The van der Waals surface area contributed by atoms with Crippen LogP contribution < -0.4 is 14.8 Å². The van der Waals surface area contributed by atoms with E-state index in [0.717, 1.165) is 24.1 Å². The highest BCUT2D eigenvalue weighted by molar-refractivity contribution is 5.94. The number of fused-ring (bicyclic) bond motifs is 1. The Balaban J connectivity index is 2.14. The number of aromatic nitrogens is 2. The van der Waals surface area contributed by atoms with Crippen molar-refractivity contribution in [2.75, 3.05) is 20.8 Å². The van der Waals surface area contributed by atoms with Crippen LogP contribution in [0.3, 0.4) is 0 Å². The summed E-state index contributed by atoms with van der Waals surface area (Å²) < 4.78 is 10.8. The number of hydrogen-bond donors (Lipinski definition) is 2. The number of ether oxygens (including phenoxy) is 2. The highest BCUT2D eigenvalue weighted by Gasteiger charge is 2.23. The number of benzene rings is 1. The summed E-state index contributed by atoms with van der Waals surface area (Å²) in [5.41, 5.74) is 2.03. The average molecular weight is 287 g/mol. The van der Waals surface area contributed by atoms with Crippen molar-refractivity contribution in [2.24, 2.45) is 0 Å². The molecule has 1 aromatic carbocycles. The third kappa shape index (κ3) is 2.33. The van der Waals surface area contributed by atoms with Crippen LogP contribution in [0.4, 0.5) is 0 Å². The van der Waals surface area contributed by atoms with E-state index in [4.69, 9.17) is 9.47 Å². The first kappa shape index (κ1) is 13.5. The van der Waals surface area contributed by atoms with Crippen molar-refractivity contribution >= 4 is 5.91 Å². The van der Waals surface area contributed by atoms with E-state index in [1.807, 2.05) is 18.2 Å². The van der Waals surface area contributed by atoms with Gasteiger partial charge in [0, 0.05) is 12.2 Å². The quantitative estimate of drug-likeness (QED) is 0.902. The summed E-state index contributed by atoms with van der Waals surface area (Å²) in [7, 11) is 3.19. The van der Waals surface area contributed by atoms with E-state index >= 15 is 0 Å². The molecule has 110 valence electrons. The molecule has 0 saturated carbocycles. The maximum absolute atomic E-state index is 12.0. The van der Waals surface area contributed by atoms with E-state index in [-0.39, 0.29) is 5.91 Å². The van der Waals surface area contributed by atoms with Crippen LogP contribution in [0, 0.1) is 0 Å². The second-order valence-corrected chi connectivity index (χ2v) is 4.81. The standard InChI is InChI=1S/C15H17N3O3/c1-20-10-6-3-7-11(21-2)12(10)14-17-9-5-4-8-16-15(19)13(9)18-14/h3,6-7H,4-5,8H2,1-2H3,(H,16,19)(H,17,18). The van der Waals surface area contributed by atoms with Gasteiger partial charge in [0.25, 0.3) is 5.91 Å². The Morgan fingerprint density at radius 3 is 2.57 bits per heavy atom. The highest BCUT2D eigenvalue weighted by Crippen LogP contribution is 2.37. The zero-order valence-electron chi connectivity index (χ0n) is 12.0. The zero-order valence-corrected chi connectivity index (χ0v) is 12.0. The molecule has 1 amide bonds. The number of hydrogen-bond acceptors (Lipinski definition) is 4. The second-order valence-electron chi connectivity index (χ2n) is 4.81. The minimum absolute atomic E-state index is 0.140. The Morgan fingerprint density at radius 1 is 1.19 bits per heavy atom. The molecule has 0 saturated heterocycles. The van der Waals surface area contributed by atoms with Crippen LogP contribution in [-0.4, -0.2) is 36.6 Å². The molecule has 0 spiro atoms. The molecular formula is C15H17N3O3. The molecule has 0 atom stereocenters. The molecule has 0 aliphatic carbocycles. The maximum Gasteiger partial charge on any atom is 0.271 e. The third-order valence-electron chi connectivity index (χ3n) is 3.55. The van der Waals surface area contributed by atoms with Crippen molar-refractivity contribution in [3.63, 3.8) is 0 Å². The lowest BCUT2D eigenvalue weighted by Gasteiger charge is -2.10. The molecule has 2 N–H and O–H groups in total. The smallest absolute Gasteiger partial charge is 0.271 e. The number of imidazole rings is 1. The summed E-state index contributed by atoms with van der Waals surface area (Å²) in [4.78, 5) is 19.7. The van der Waals surface area contributed by atoms with Crippen molar-refractivity contribution in [1.82, 2.24) is 15.3 Å². The fourth-order valence-corrected chi connectivity index (χ4v) is 2.53. The van der Waals surface area contributed by atoms with Crippen LogP contribution in [0.1, 0.15) is 22.6 Å². The SMILES string of the molecule is COc1cccc(OC)c1-c1nc2c([nH]1)CCCNC2=O. The molecular weight excluding hydrogens is 270 g/mol. The Bertz CT molecular complexity index is 657. The molecule has 2 heterocycles. The van der Waals surface area contributed by atoms with Gasteiger partial charge in [0.1, 0.15) is 28.6 Å². The predicted molar refractivity (Wildman–Crippen MR) is 77.8 cm³/mol. The number of methoxy groups -OCH3 is 2. The first-order chi connectivity index (χ1) is 10.2. The van der Waals surface area contributed by atoms with Gasteiger partial charge in [-0.2, -0.15) is 0 Å². The van der Waals surface area contributed by atoms with E-state index in [2.05, 4.69) is 15.3 Å². The minimum Gasteiger partial charge on any atom is -0.496 e. The van der Waals surface area contributed by atoms with Gasteiger partial charge in [0.2, 0.25) is 0 Å². The molecule has 1 aliphatic heterocycles. The van der Waals surface area contributed by atoms with Gasteiger partial charge in [0.05, 0.1) is 14.2 Å². The van der Waals surface area contributed by atoms with Crippen LogP contribution in [0.15, 0.2) is 18.2 Å². The van der Waals surface area contributed by atoms with Crippen LogP contribution >= 0.6 is 0 Å². The summed E-state index contributed by atoms with van der Waals surface area (Å²) in [6, 6.07) is 5.53. The molecule has 2 aromatic rings. The predicted octanol–water partition coefficient (Wildman–Crippen LogP) is 1.77. The van der Waals surface area contributed by atoms with E-state index in [1.165, 1.54) is 0 Å². The number of aromatic amines is 1. The minimum atomic E-state index is -0.140. The monoisotopic (exact) mass is 287 g/mol. The molecule has 1 aliphatic rings. The molecule has 0 unspecified atom stereocenters. The summed E-state index contributed by atoms with van der Waals surface area (Å²) in [5.74, 6) is 1.75. The molecule has 3 rings (SSSR count). The Hall–Kier alpha value is -2.50. The zero-order chi connectivity index (χ0) is 14.8. The highest BCUT2D eigenvalue weighted by atomic mass is 16.5. The number of nitrogens with zero attached hydrogens (tertiary/aromatic N) is 1. The van der Waals surface area contributed by atoms with Gasteiger partial charge in [-0.25, -0.2) is 4.98 Å².